The number of amides is 1. The third-order valence-electron chi connectivity index (χ3n) is 4.54. The predicted octanol–water partition coefficient (Wildman–Crippen LogP) is 1.96. The minimum Gasteiger partial charge on any atom is -0.394 e. The highest BCUT2D eigenvalue weighted by Crippen LogP contribution is 2.34. The van der Waals surface area contributed by atoms with Crippen LogP contribution in [0.1, 0.15) is 22.0 Å². The zero-order valence-electron chi connectivity index (χ0n) is 13.8. The maximum Gasteiger partial charge on any atom is 0.254 e. The van der Waals surface area contributed by atoms with Crippen LogP contribution in [0.2, 0.25) is 5.02 Å². The number of ether oxygens (including phenoxy) is 1. The van der Waals surface area contributed by atoms with Crippen molar-refractivity contribution in [2.45, 2.75) is 12.1 Å². The Morgan fingerprint density at radius 1 is 1.35 bits per heavy atom. The van der Waals surface area contributed by atoms with E-state index in [1.807, 2.05) is 18.2 Å². The molecule has 1 saturated heterocycles. The first-order chi connectivity index (χ1) is 12.7. The summed E-state index contributed by atoms with van der Waals surface area (Å²) in [6.07, 6.45) is 2.60. The summed E-state index contributed by atoms with van der Waals surface area (Å²) < 4.78 is 7.29. The molecule has 0 unspecified atom stereocenters. The van der Waals surface area contributed by atoms with Crippen LogP contribution < -0.4 is 0 Å². The van der Waals surface area contributed by atoms with Crippen molar-refractivity contribution in [3.63, 3.8) is 0 Å². The number of carbonyl (C=O) groups excluding carboxylic acids is 1. The van der Waals surface area contributed by atoms with E-state index in [9.17, 15) is 9.90 Å². The molecule has 1 amide bonds. The maximum atomic E-state index is 13.2. The molecule has 2 atom stereocenters. The van der Waals surface area contributed by atoms with Gasteiger partial charge in [-0.25, -0.2) is 9.50 Å². The van der Waals surface area contributed by atoms with Gasteiger partial charge in [0, 0.05) is 23.3 Å². The molecule has 4 rings (SSSR count). The van der Waals surface area contributed by atoms with E-state index in [-0.39, 0.29) is 12.5 Å². The van der Waals surface area contributed by atoms with E-state index in [1.54, 1.807) is 33.8 Å². The third kappa shape index (κ3) is 2.94. The zero-order chi connectivity index (χ0) is 18.1. The molecule has 3 heterocycles. The van der Waals surface area contributed by atoms with Crippen molar-refractivity contribution in [1.29, 1.82) is 0 Å². The van der Waals surface area contributed by atoms with Crippen LogP contribution in [0.15, 0.2) is 48.9 Å². The molecule has 1 fully saturated rings. The molecule has 0 saturated carbocycles. The highest BCUT2D eigenvalue weighted by atomic mass is 35.5. The Bertz CT molecular complexity index is 945. The lowest BCUT2D eigenvalue weighted by atomic mass is 9.97. The molecular weight excluding hydrogens is 356 g/mol. The number of aliphatic hydroxyl groups excluding tert-OH is 1. The number of benzene rings is 1. The van der Waals surface area contributed by atoms with Crippen molar-refractivity contribution >= 4 is 23.2 Å². The minimum atomic E-state index is -0.538. The number of aromatic nitrogens is 3. The van der Waals surface area contributed by atoms with Crippen molar-refractivity contribution in [2.75, 3.05) is 19.8 Å². The number of hydrogen-bond donors (Lipinski definition) is 1. The molecule has 0 spiro atoms. The quantitative estimate of drug-likeness (QED) is 0.760. The van der Waals surface area contributed by atoms with E-state index >= 15 is 0 Å². The number of carbonyl (C=O) groups is 1. The van der Waals surface area contributed by atoms with E-state index in [0.29, 0.717) is 29.4 Å². The van der Waals surface area contributed by atoms with E-state index in [0.717, 1.165) is 5.56 Å². The molecule has 7 nitrogen and oxygen atoms in total. The summed E-state index contributed by atoms with van der Waals surface area (Å²) in [4.78, 5) is 19.0. The van der Waals surface area contributed by atoms with Crippen molar-refractivity contribution in [3.8, 4) is 0 Å². The summed E-state index contributed by atoms with van der Waals surface area (Å²) in [7, 11) is 0. The number of rotatable bonds is 3. The fourth-order valence-corrected chi connectivity index (χ4v) is 3.56. The number of hydrogen-bond acceptors (Lipinski definition) is 5. The second kappa shape index (κ2) is 7.03. The first kappa shape index (κ1) is 17.0. The summed E-state index contributed by atoms with van der Waals surface area (Å²) >= 11 is 6.36. The Morgan fingerprint density at radius 3 is 3.00 bits per heavy atom. The summed E-state index contributed by atoms with van der Waals surface area (Å²) in [6, 6.07) is 10.2. The maximum absolute atomic E-state index is 13.2. The average molecular weight is 373 g/mol. The van der Waals surface area contributed by atoms with Gasteiger partial charge in [-0.3, -0.25) is 4.79 Å². The SMILES string of the molecule is O=C(c1ccn2ncnc2c1)N1CCO[C@@H](CO)[C@@H]1c1ccccc1Cl. The summed E-state index contributed by atoms with van der Waals surface area (Å²) in [5.74, 6) is -0.165. The van der Waals surface area contributed by atoms with Gasteiger partial charge in [-0.15, -0.1) is 0 Å². The number of halogens is 1. The molecule has 1 aliphatic heterocycles. The summed E-state index contributed by atoms with van der Waals surface area (Å²) in [6.45, 7) is 0.553. The Kier molecular flexibility index (Phi) is 4.58. The van der Waals surface area contributed by atoms with Crippen LogP contribution in [0.25, 0.3) is 5.65 Å². The number of morpholine rings is 1. The lowest BCUT2D eigenvalue weighted by molar-refractivity contribution is -0.0811. The molecule has 2 aromatic heterocycles. The van der Waals surface area contributed by atoms with E-state index < -0.39 is 12.1 Å². The number of nitrogens with zero attached hydrogens (tertiary/aromatic N) is 4. The van der Waals surface area contributed by atoms with Gasteiger partial charge in [0.25, 0.3) is 5.91 Å². The molecule has 1 aliphatic rings. The van der Waals surface area contributed by atoms with Gasteiger partial charge in [0.1, 0.15) is 12.4 Å². The van der Waals surface area contributed by atoms with E-state index in [4.69, 9.17) is 16.3 Å². The monoisotopic (exact) mass is 372 g/mol. The Hall–Kier alpha value is -2.48. The van der Waals surface area contributed by atoms with Gasteiger partial charge in [0.05, 0.1) is 19.3 Å². The van der Waals surface area contributed by atoms with Gasteiger partial charge in [-0.2, -0.15) is 5.10 Å². The predicted molar refractivity (Wildman–Crippen MR) is 95.0 cm³/mol. The standard InChI is InChI=1S/C18H17ClN4O3/c19-14-4-2-1-3-13(14)17-15(10-24)26-8-7-22(17)18(25)12-5-6-23-16(9-12)20-11-21-23/h1-6,9,11,15,17,24H,7-8,10H2/t15-,17-/m0/s1. The van der Waals surface area contributed by atoms with Crippen LogP contribution in [0.3, 0.4) is 0 Å². The van der Waals surface area contributed by atoms with Gasteiger partial charge >= 0.3 is 0 Å². The number of fused-ring (bicyclic) bond motifs is 1. The lowest BCUT2D eigenvalue weighted by Gasteiger charge is -2.41. The fraction of sp³-hybridized carbons (Fsp3) is 0.278. The van der Waals surface area contributed by atoms with Crippen molar-refractivity contribution < 1.29 is 14.6 Å². The van der Waals surface area contributed by atoms with Gasteiger partial charge in [-0.1, -0.05) is 29.8 Å². The molecule has 0 aliphatic carbocycles. The fourth-order valence-electron chi connectivity index (χ4n) is 3.31. The van der Waals surface area contributed by atoms with Crippen LogP contribution in [0, 0.1) is 0 Å². The number of pyridine rings is 1. The molecule has 1 N–H and O–H groups in total. The summed E-state index contributed by atoms with van der Waals surface area (Å²) in [5.41, 5.74) is 1.85. The van der Waals surface area contributed by atoms with Crippen molar-refractivity contribution in [3.05, 3.63) is 65.1 Å². The first-order valence-corrected chi connectivity index (χ1v) is 8.64. The third-order valence-corrected chi connectivity index (χ3v) is 4.89. The topological polar surface area (TPSA) is 80.0 Å². The Morgan fingerprint density at radius 2 is 2.19 bits per heavy atom. The van der Waals surface area contributed by atoms with E-state index in [2.05, 4.69) is 10.1 Å². The minimum absolute atomic E-state index is 0.165. The lowest BCUT2D eigenvalue weighted by Crippen LogP contribution is -2.49. The second-order valence-corrected chi connectivity index (χ2v) is 6.44. The van der Waals surface area contributed by atoms with Crippen LogP contribution in [-0.2, 0) is 4.74 Å². The second-order valence-electron chi connectivity index (χ2n) is 6.03. The molecule has 26 heavy (non-hydrogen) atoms. The zero-order valence-corrected chi connectivity index (χ0v) is 14.6. The van der Waals surface area contributed by atoms with Gasteiger partial charge in [-0.05, 0) is 23.8 Å². The summed E-state index contributed by atoms with van der Waals surface area (Å²) in [5, 5.41) is 14.3. The van der Waals surface area contributed by atoms with E-state index in [1.165, 1.54) is 6.33 Å². The van der Waals surface area contributed by atoms with Gasteiger partial charge in [0.15, 0.2) is 5.65 Å². The molecule has 1 aromatic carbocycles. The molecule has 0 bridgehead atoms. The Labute approximate surface area is 154 Å². The molecule has 8 heteroatoms. The van der Waals surface area contributed by atoms with Crippen LogP contribution in [0.5, 0.6) is 0 Å². The molecule has 3 aromatic rings. The van der Waals surface area contributed by atoms with Crippen LogP contribution in [0.4, 0.5) is 0 Å². The normalized spacial score (nSPS) is 20.5. The van der Waals surface area contributed by atoms with Gasteiger partial charge in [0.2, 0.25) is 0 Å². The molecule has 134 valence electrons. The first-order valence-electron chi connectivity index (χ1n) is 8.26. The van der Waals surface area contributed by atoms with Crippen LogP contribution >= 0.6 is 11.6 Å². The molecular formula is C18H17ClN4O3. The highest BCUT2D eigenvalue weighted by molar-refractivity contribution is 6.31. The largest absolute Gasteiger partial charge is 0.394 e. The van der Waals surface area contributed by atoms with Crippen LogP contribution in [-0.4, -0.2) is 56.4 Å². The smallest absolute Gasteiger partial charge is 0.254 e. The average Bonchev–Trinajstić information content (AvgIpc) is 3.15. The molecule has 0 radical (unpaired) electrons. The highest BCUT2D eigenvalue weighted by Gasteiger charge is 2.37. The van der Waals surface area contributed by atoms with Crippen molar-refractivity contribution in [2.24, 2.45) is 0 Å². The Balaban J connectivity index is 1.74. The van der Waals surface area contributed by atoms with Gasteiger partial charge < -0.3 is 14.7 Å². The van der Waals surface area contributed by atoms with Crippen molar-refractivity contribution in [1.82, 2.24) is 19.5 Å². The number of aliphatic hydroxyl groups is 1.